The normalized spacial score (nSPS) is 16.9. The number of piperidine rings is 1. The molecule has 1 aromatic carbocycles. The molecule has 160 valence electrons. The number of halogens is 1. The molecule has 2 aliphatic heterocycles. The fourth-order valence-corrected chi connectivity index (χ4v) is 4.25. The molecule has 1 aromatic heterocycles. The summed E-state index contributed by atoms with van der Waals surface area (Å²) in [5, 5.41) is 6.86. The molecular formula is C23H29ClN4O2. The van der Waals surface area contributed by atoms with Crippen molar-refractivity contribution in [2.24, 2.45) is 0 Å². The average molecular weight is 429 g/mol. The summed E-state index contributed by atoms with van der Waals surface area (Å²) in [5.41, 5.74) is 3.14. The number of hydrogen-bond acceptors (Lipinski definition) is 5. The maximum Gasteiger partial charge on any atom is 0.255 e. The van der Waals surface area contributed by atoms with Gasteiger partial charge in [-0.15, -0.1) is 0 Å². The molecule has 3 heterocycles. The van der Waals surface area contributed by atoms with E-state index in [1.54, 1.807) is 12.3 Å². The Kier molecular flexibility index (Phi) is 6.44. The molecule has 0 bridgehead atoms. The van der Waals surface area contributed by atoms with Crippen molar-refractivity contribution in [2.45, 2.75) is 51.7 Å². The van der Waals surface area contributed by atoms with Gasteiger partial charge in [0, 0.05) is 44.3 Å². The lowest BCUT2D eigenvalue weighted by atomic mass is 10.0. The maximum absolute atomic E-state index is 12.9. The first-order chi connectivity index (χ1) is 14.5. The molecule has 2 aliphatic rings. The van der Waals surface area contributed by atoms with Gasteiger partial charge in [0.1, 0.15) is 11.6 Å². The van der Waals surface area contributed by atoms with Crippen molar-refractivity contribution in [3.05, 3.63) is 52.2 Å². The summed E-state index contributed by atoms with van der Waals surface area (Å²) in [6, 6.07) is 8.54. The number of rotatable bonds is 6. The molecule has 1 fully saturated rings. The van der Waals surface area contributed by atoms with Gasteiger partial charge in [-0.1, -0.05) is 23.7 Å². The highest BCUT2D eigenvalue weighted by molar-refractivity contribution is 6.31. The van der Waals surface area contributed by atoms with E-state index in [0.717, 1.165) is 51.3 Å². The molecule has 0 unspecified atom stereocenters. The third-order valence-electron chi connectivity index (χ3n) is 5.61. The summed E-state index contributed by atoms with van der Waals surface area (Å²) in [7, 11) is 0. The van der Waals surface area contributed by atoms with Crippen molar-refractivity contribution in [1.82, 2.24) is 15.2 Å². The minimum atomic E-state index is -0.120. The molecule has 0 radical (unpaired) electrons. The van der Waals surface area contributed by atoms with Crippen molar-refractivity contribution < 1.29 is 9.53 Å². The summed E-state index contributed by atoms with van der Waals surface area (Å²) in [4.78, 5) is 19.6. The first kappa shape index (κ1) is 20.9. The predicted octanol–water partition coefficient (Wildman–Crippen LogP) is 3.88. The van der Waals surface area contributed by atoms with Crippen molar-refractivity contribution in [3.63, 3.8) is 0 Å². The molecule has 0 saturated carbocycles. The van der Waals surface area contributed by atoms with Crippen LogP contribution in [0.15, 0.2) is 30.5 Å². The zero-order chi connectivity index (χ0) is 21.1. The first-order valence-electron chi connectivity index (χ1n) is 10.7. The van der Waals surface area contributed by atoms with Crippen LogP contribution in [0.1, 0.15) is 48.2 Å². The molecule has 0 atom stereocenters. The van der Waals surface area contributed by atoms with Crippen LogP contribution in [-0.2, 0) is 13.0 Å². The van der Waals surface area contributed by atoms with Gasteiger partial charge in [0.2, 0.25) is 0 Å². The number of nitrogens with one attached hydrogen (secondary N) is 2. The number of ether oxygens (including phenoxy) is 1. The highest BCUT2D eigenvalue weighted by Crippen LogP contribution is 2.27. The molecule has 0 aliphatic carbocycles. The Balaban J connectivity index is 1.31. The number of anilines is 1. The standard InChI is InChI=1S/C23H29ClN4O2/c1-15(2)26-22-20(12-18(24)13-25-22)23(29)27-19-5-8-28(9-6-19)14-16-3-4-21-17(11-16)7-10-30-21/h3-4,11-13,15,19H,5-10,14H2,1-2H3,(H,25,26)(H,27,29). The van der Waals surface area contributed by atoms with Gasteiger partial charge >= 0.3 is 0 Å². The van der Waals surface area contributed by atoms with Crippen molar-refractivity contribution in [1.29, 1.82) is 0 Å². The number of fused-ring (bicyclic) bond motifs is 1. The summed E-state index contributed by atoms with van der Waals surface area (Å²) >= 11 is 6.09. The molecule has 6 nitrogen and oxygen atoms in total. The Bertz CT molecular complexity index is 910. The van der Waals surface area contributed by atoms with Crippen molar-refractivity contribution >= 4 is 23.3 Å². The third-order valence-corrected chi connectivity index (χ3v) is 5.81. The lowest BCUT2D eigenvalue weighted by molar-refractivity contribution is 0.0909. The zero-order valence-electron chi connectivity index (χ0n) is 17.6. The van der Waals surface area contributed by atoms with Gasteiger partial charge in [0.05, 0.1) is 17.2 Å². The second-order valence-electron chi connectivity index (χ2n) is 8.41. The van der Waals surface area contributed by atoms with Gasteiger partial charge in [-0.25, -0.2) is 4.98 Å². The van der Waals surface area contributed by atoms with E-state index in [0.29, 0.717) is 16.4 Å². The van der Waals surface area contributed by atoms with Crippen LogP contribution in [-0.4, -0.2) is 47.6 Å². The summed E-state index contributed by atoms with van der Waals surface area (Å²) in [5.74, 6) is 1.48. The second kappa shape index (κ2) is 9.23. The molecule has 4 rings (SSSR count). The van der Waals surface area contributed by atoms with Crippen LogP contribution in [0.5, 0.6) is 5.75 Å². The first-order valence-corrected chi connectivity index (χ1v) is 11.1. The van der Waals surface area contributed by atoms with Crippen LogP contribution in [0.2, 0.25) is 5.02 Å². The SMILES string of the molecule is CC(C)Nc1ncc(Cl)cc1C(=O)NC1CCN(Cc2ccc3c(c2)CCO3)CC1. The number of hydrogen-bond donors (Lipinski definition) is 2. The molecule has 0 spiro atoms. The quantitative estimate of drug-likeness (QED) is 0.730. The monoisotopic (exact) mass is 428 g/mol. The average Bonchev–Trinajstić information content (AvgIpc) is 3.18. The fourth-order valence-electron chi connectivity index (χ4n) is 4.10. The molecule has 30 heavy (non-hydrogen) atoms. The van der Waals surface area contributed by atoms with E-state index >= 15 is 0 Å². The third kappa shape index (κ3) is 5.05. The van der Waals surface area contributed by atoms with Crippen molar-refractivity contribution in [3.8, 4) is 5.75 Å². The maximum atomic E-state index is 12.9. The highest BCUT2D eigenvalue weighted by Gasteiger charge is 2.23. The zero-order valence-corrected chi connectivity index (χ0v) is 18.3. The van der Waals surface area contributed by atoms with Crippen LogP contribution in [0.3, 0.4) is 0 Å². The number of carbonyl (C=O) groups is 1. The molecule has 2 aromatic rings. The Morgan fingerprint density at radius 2 is 2.10 bits per heavy atom. The Hall–Kier alpha value is -2.31. The largest absolute Gasteiger partial charge is 0.493 e. The van der Waals surface area contributed by atoms with Crippen LogP contribution in [0.25, 0.3) is 0 Å². The molecule has 2 N–H and O–H groups in total. The van der Waals surface area contributed by atoms with E-state index < -0.39 is 0 Å². The van der Waals surface area contributed by atoms with Gasteiger partial charge in [-0.05, 0) is 49.9 Å². The van der Waals surface area contributed by atoms with Crippen LogP contribution >= 0.6 is 11.6 Å². The van der Waals surface area contributed by atoms with Gasteiger partial charge in [0.25, 0.3) is 5.91 Å². The minimum Gasteiger partial charge on any atom is -0.493 e. The number of carbonyl (C=O) groups excluding carboxylic acids is 1. The predicted molar refractivity (Wildman–Crippen MR) is 119 cm³/mol. The summed E-state index contributed by atoms with van der Waals surface area (Å²) in [6.45, 7) is 7.69. The number of benzene rings is 1. The topological polar surface area (TPSA) is 66.5 Å². The Morgan fingerprint density at radius 1 is 1.30 bits per heavy atom. The van der Waals surface area contributed by atoms with E-state index in [1.807, 2.05) is 13.8 Å². The molecule has 1 amide bonds. The lowest BCUT2D eigenvalue weighted by Crippen LogP contribution is -2.44. The number of pyridine rings is 1. The van der Waals surface area contributed by atoms with Gasteiger partial charge in [0.15, 0.2) is 0 Å². The number of nitrogens with zero attached hydrogens (tertiary/aromatic N) is 2. The second-order valence-corrected chi connectivity index (χ2v) is 8.85. The Labute approximate surface area is 183 Å². The van der Waals surface area contributed by atoms with E-state index in [2.05, 4.69) is 38.7 Å². The van der Waals surface area contributed by atoms with Gasteiger partial charge < -0.3 is 15.4 Å². The number of likely N-dealkylation sites (tertiary alicyclic amines) is 1. The van der Waals surface area contributed by atoms with Gasteiger partial charge in [-0.3, -0.25) is 9.69 Å². The molecule has 1 saturated heterocycles. The summed E-state index contributed by atoms with van der Waals surface area (Å²) in [6.07, 6.45) is 4.43. The van der Waals surface area contributed by atoms with E-state index in [-0.39, 0.29) is 18.0 Å². The van der Waals surface area contributed by atoms with E-state index in [9.17, 15) is 4.79 Å². The van der Waals surface area contributed by atoms with Crippen LogP contribution < -0.4 is 15.4 Å². The molecular weight excluding hydrogens is 400 g/mol. The van der Waals surface area contributed by atoms with Crippen LogP contribution in [0, 0.1) is 0 Å². The lowest BCUT2D eigenvalue weighted by Gasteiger charge is -2.32. The highest BCUT2D eigenvalue weighted by atomic mass is 35.5. The molecule has 7 heteroatoms. The minimum absolute atomic E-state index is 0.120. The van der Waals surface area contributed by atoms with Gasteiger partial charge in [-0.2, -0.15) is 0 Å². The fraction of sp³-hybridized carbons (Fsp3) is 0.478. The van der Waals surface area contributed by atoms with Crippen molar-refractivity contribution in [2.75, 3.05) is 25.0 Å². The number of amides is 1. The van der Waals surface area contributed by atoms with Crippen LogP contribution in [0.4, 0.5) is 5.82 Å². The van der Waals surface area contributed by atoms with E-state index in [1.165, 1.54) is 11.1 Å². The number of aromatic nitrogens is 1. The summed E-state index contributed by atoms with van der Waals surface area (Å²) < 4.78 is 5.60. The smallest absolute Gasteiger partial charge is 0.255 e. The Morgan fingerprint density at radius 3 is 2.87 bits per heavy atom. The van der Waals surface area contributed by atoms with E-state index in [4.69, 9.17) is 16.3 Å².